The Morgan fingerprint density at radius 1 is 1.08 bits per heavy atom. The van der Waals surface area contributed by atoms with E-state index in [0.717, 1.165) is 28.6 Å². The van der Waals surface area contributed by atoms with Crippen LogP contribution in [0.3, 0.4) is 0 Å². The van der Waals surface area contributed by atoms with Gasteiger partial charge in [-0.3, -0.25) is 28.9 Å². The number of thioether (sulfide) groups is 1. The van der Waals surface area contributed by atoms with E-state index in [1.54, 1.807) is 4.90 Å². The van der Waals surface area contributed by atoms with Gasteiger partial charge in [0.1, 0.15) is 12.8 Å². The second-order valence-electron chi connectivity index (χ2n) is 8.43. The summed E-state index contributed by atoms with van der Waals surface area (Å²) in [6.45, 7) is 6.05. The Morgan fingerprint density at radius 3 is 2.37 bits per heavy atom. The predicted molar refractivity (Wildman–Crippen MR) is 144 cm³/mol. The van der Waals surface area contributed by atoms with Crippen molar-refractivity contribution in [2.45, 2.75) is 58.5 Å². The fourth-order valence-electron chi connectivity index (χ4n) is 3.46. The first kappa shape index (κ1) is 32.9. The zero-order valence-electron chi connectivity index (χ0n) is 22.0. The van der Waals surface area contributed by atoms with E-state index in [1.807, 2.05) is 39.0 Å². The van der Waals surface area contributed by atoms with Gasteiger partial charge in [-0.25, -0.2) is 0 Å². The van der Waals surface area contributed by atoms with Crippen LogP contribution in [0.25, 0.3) is 0 Å². The number of hydrogen-bond acceptors (Lipinski definition) is 8. The zero-order valence-corrected chi connectivity index (χ0v) is 22.8. The number of ether oxygens (including phenoxy) is 1. The van der Waals surface area contributed by atoms with Crippen LogP contribution >= 0.6 is 11.8 Å². The van der Waals surface area contributed by atoms with Crippen molar-refractivity contribution in [2.24, 2.45) is 5.73 Å². The highest BCUT2D eigenvalue weighted by atomic mass is 32.2. The SMILES string of the molecule is CCOCN(C(=O)CSC[C@H](NC(=O)[C@@H](N)CCC(=O)O)C(=O)NCCC(=O)O)c1c(C)cccc1CC. The third-order valence-electron chi connectivity index (χ3n) is 5.48. The number of hydrogen-bond donors (Lipinski definition) is 5. The van der Waals surface area contributed by atoms with Crippen LogP contribution in [0.4, 0.5) is 5.69 Å². The van der Waals surface area contributed by atoms with E-state index in [-0.39, 0.29) is 50.0 Å². The van der Waals surface area contributed by atoms with Crippen molar-refractivity contribution < 1.29 is 38.9 Å². The molecule has 0 aliphatic rings. The Hall–Kier alpha value is -3.16. The maximum absolute atomic E-state index is 13.2. The average Bonchev–Trinajstić information content (AvgIpc) is 2.86. The topological polar surface area (TPSA) is 188 Å². The van der Waals surface area contributed by atoms with Gasteiger partial charge in [0, 0.05) is 25.3 Å². The van der Waals surface area contributed by atoms with E-state index < -0.39 is 35.8 Å². The summed E-state index contributed by atoms with van der Waals surface area (Å²) < 4.78 is 5.54. The lowest BCUT2D eigenvalue weighted by atomic mass is 10.0. The quantitative estimate of drug-likeness (QED) is 0.163. The molecule has 212 valence electrons. The normalized spacial score (nSPS) is 12.3. The van der Waals surface area contributed by atoms with Crippen molar-refractivity contribution in [1.29, 1.82) is 0 Å². The molecule has 1 rings (SSSR count). The van der Waals surface area contributed by atoms with E-state index in [9.17, 15) is 24.0 Å². The van der Waals surface area contributed by atoms with Gasteiger partial charge in [0.15, 0.2) is 0 Å². The lowest BCUT2D eigenvalue weighted by Crippen LogP contribution is -2.53. The Kier molecular flexibility index (Phi) is 15.0. The van der Waals surface area contributed by atoms with E-state index in [0.29, 0.717) is 13.0 Å². The summed E-state index contributed by atoms with van der Waals surface area (Å²) in [4.78, 5) is 61.5. The number of aryl methyl sites for hydroxylation is 2. The summed E-state index contributed by atoms with van der Waals surface area (Å²) >= 11 is 1.11. The van der Waals surface area contributed by atoms with Crippen molar-refractivity contribution in [2.75, 3.05) is 36.3 Å². The van der Waals surface area contributed by atoms with Crippen LogP contribution in [0.5, 0.6) is 0 Å². The molecule has 0 unspecified atom stereocenters. The molecule has 0 aromatic heterocycles. The number of benzene rings is 1. The number of carboxylic acids is 2. The number of rotatable bonds is 18. The fourth-order valence-corrected chi connectivity index (χ4v) is 4.38. The Morgan fingerprint density at radius 2 is 1.76 bits per heavy atom. The largest absolute Gasteiger partial charge is 0.481 e. The van der Waals surface area contributed by atoms with Gasteiger partial charge in [-0.05, 0) is 37.8 Å². The molecule has 12 nitrogen and oxygen atoms in total. The number of nitrogens with one attached hydrogen (secondary N) is 2. The molecular formula is C25H38N4O8S. The lowest BCUT2D eigenvalue weighted by molar-refractivity contribution is -0.138. The molecule has 0 bridgehead atoms. The Labute approximate surface area is 226 Å². The van der Waals surface area contributed by atoms with E-state index in [1.165, 1.54) is 0 Å². The van der Waals surface area contributed by atoms with Crippen LogP contribution in [0, 0.1) is 6.92 Å². The van der Waals surface area contributed by atoms with Crippen LogP contribution in [-0.2, 0) is 35.1 Å². The molecule has 1 aromatic carbocycles. The summed E-state index contributed by atoms with van der Waals surface area (Å²) in [7, 11) is 0. The van der Waals surface area contributed by atoms with Crippen molar-refractivity contribution in [1.82, 2.24) is 10.6 Å². The fraction of sp³-hybridized carbons (Fsp3) is 0.560. The summed E-state index contributed by atoms with van der Waals surface area (Å²) in [6.07, 6.45) is -0.0318. The molecule has 0 spiro atoms. The predicted octanol–water partition coefficient (Wildman–Crippen LogP) is 0.885. The maximum Gasteiger partial charge on any atom is 0.305 e. The second kappa shape index (κ2) is 17.4. The van der Waals surface area contributed by atoms with E-state index >= 15 is 0 Å². The second-order valence-corrected chi connectivity index (χ2v) is 9.46. The molecular weight excluding hydrogens is 516 g/mol. The van der Waals surface area contributed by atoms with Gasteiger partial charge in [0.2, 0.25) is 17.7 Å². The molecule has 13 heteroatoms. The number of anilines is 1. The third-order valence-corrected chi connectivity index (χ3v) is 6.50. The first-order valence-corrected chi connectivity index (χ1v) is 13.5. The molecule has 0 fully saturated rings. The number of carbonyl (C=O) groups excluding carboxylic acids is 3. The minimum Gasteiger partial charge on any atom is -0.481 e. The van der Waals surface area contributed by atoms with Crippen LogP contribution in [-0.4, -0.2) is 83.3 Å². The van der Waals surface area contributed by atoms with Gasteiger partial charge >= 0.3 is 11.9 Å². The molecule has 2 atom stereocenters. The Balaban J connectivity index is 2.95. The van der Waals surface area contributed by atoms with Gasteiger partial charge in [-0.2, -0.15) is 0 Å². The van der Waals surface area contributed by atoms with E-state index in [2.05, 4.69) is 10.6 Å². The molecule has 0 aliphatic heterocycles. The van der Waals surface area contributed by atoms with Crippen LogP contribution in [0.1, 0.15) is 44.2 Å². The highest BCUT2D eigenvalue weighted by Gasteiger charge is 2.26. The molecule has 3 amide bonds. The summed E-state index contributed by atoms with van der Waals surface area (Å²) in [6, 6.07) is 3.52. The summed E-state index contributed by atoms with van der Waals surface area (Å²) in [5, 5.41) is 22.6. The van der Waals surface area contributed by atoms with Crippen LogP contribution in [0.15, 0.2) is 18.2 Å². The van der Waals surface area contributed by atoms with Crippen molar-refractivity contribution in [3.05, 3.63) is 29.3 Å². The molecule has 38 heavy (non-hydrogen) atoms. The van der Waals surface area contributed by atoms with Gasteiger partial charge in [-0.15, -0.1) is 11.8 Å². The standard InChI is InChI=1S/C25H38N4O8S/c1-4-17-8-6-7-16(3)23(17)29(15-37-5-2)20(30)14-38-13-19(25(36)27-12-11-22(33)34)28-24(35)18(26)9-10-21(31)32/h6-8,18-19H,4-5,9-15,26H2,1-3H3,(H,27,36)(H,28,35)(H,31,32)(H,33,34)/t18-,19-/m0/s1. The first-order valence-electron chi connectivity index (χ1n) is 12.3. The number of aliphatic carboxylic acids is 2. The van der Waals surface area contributed by atoms with Gasteiger partial charge < -0.3 is 31.3 Å². The van der Waals surface area contributed by atoms with Crippen molar-refractivity contribution >= 4 is 47.1 Å². The summed E-state index contributed by atoms with van der Waals surface area (Å²) in [5.74, 6) is -3.84. The Bertz CT molecular complexity index is 975. The molecule has 1 aromatic rings. The minimum absolute atomic E-state index is 0.00107. The van der Waals surface area contributed by atoms with Crippen LogP contribution in [0.2, 0.25) is 0 Å². The highest BCUT2D eigenvalue weighted by molar-refractivity contribution is 8.00. The zero-order chi connectivity index (χ0) is 28.7. The van der Waals surface area contributed by atoms with Gasteiger partial charge in [0.25, 0.3) is 0 Å². The summed E-state index contributed by atoms with van der Waals surface area (Å²) in [5.41, 5.74) is 8.43. The van der Waals surface area contributed by atoms with E-state index in [4.69, 9.17) is 20.7 Å². The van der Waals surface area contributed by atoms with Gasteiger partial charge in [0.05, 0.1) is 23.9 Å². The molecule has 6 N–H and O–H groups in total. The number of nitrogens with two attached hydrogens (primary N) is 1. The number of carboxylic acid groups (broad SMARTS) is 2. The molecule has 0 aliphatic carbocycles. The molecule has 0 radical (unpaired) electrons. The van der Waals surface area contributed by atoms with Gasteiger partial charge in [-0.1, -0.05) is 25.1 Å². The molecule has 0 saturated heterocycles. The first-order chi connectivity index (χ1) is 18.0. The highest BCUT2D eigenvalue weighted by Crippen LogP contribution is 2.26. The number of amides is 3. The number of para-hydroxylation sites is 1. The molecule has 0 heterocycles. The molecule has 0 saturated carbocycles. The average molecular weight is 555 g/mol. The lowest BCUT2D eigenvalue weighted by Gasteiger charge is -2.27. The minimum atomic E-state index is -1.15. The smallest absolute Gasteiger partial charge is 0.305 e. The number of nitrogens with zero attached hydrogens (tertiary/aromatic N) is 1. The monoisotopic (exact) mass is 554 g/mol. The third kappa shape index (κ3) is 11.5. The number of carbonyl (C=O) groups is 5. The van der Waals surface area contributed by atoms with Crippen molar-refractivity contribution in [3.63, 3.8) is 0 Å². The van der Waals surface area contributed by atoms with Crippen molar-refractivity contribution in [3.8, 4) is 0 Å². The van der Waals surface area contributed by atoms with Crippen LogP contribution < -0.4 is 21.3 Å². The maximum atomic E-state index is 13.2.